The standard InChI is InChI=1S/C18H13.2C5H5.C2H7Si.2ClH.2Zr/c1-2-7-13(6-1)15-10-5-11-17-16-9-4-3-8-14(16)12-18(15)17;2*1-2-4-5-3-1;1-3-2;;;;/h1-11H,12H2;2*1-5H;3H,1-2H3;2*1H;;/q3*-1;;;;+3;+4/p-2. The first-order valence-electron chi connectivity index (χ1n) is 10.8. The van der Waals surface area contributed by atoms with Crippen LogP contribution < -0.4 is 24.8 Å². The van der Waals surface area contributed by atoms with Gasteiger partial charge in [-0.25, -0.2) is 24.3 Å². The number of benzene rings is 2. The van der Waals surface area contributed by atoms with E-state index in [0.29, 0.717) is 0 Å². The van der Waals surface area contributed by atoms with E-state index >= 15 is 0 Å². The minimum Gasteiger partial charge on any atom is -1.00 e. The molecule has 0 aliphatic heterocycles. The van der Waals surface area contributed by atoms with E-state index in [0.717, 1.165) is 15.9 Å². The first-order valence-corrected chi connectivity index (χ1v) is 13.2. The van der Waals surface area contributed by atoms with Gasteiger partial charge in [-0.05, 0) is 23.1 Å². The van der Waals surface area contributed by atoms with Crippen molar-refractivity contribution < 1.29 is 77.2 Å². The fourth-order valence-electron chi connectivity index (χ4n) is 3.62. The molecule has 0 heterocycles. The molecular weight excluding hydrogens is 642 g/mol. The Morgan fingerprint density at radius 1 is 0.657 bits per heavy atom. The molecule has 1 aliphatic carbocycles. The van der Waals surface area contributed by atoms with E-state index in [9.17, 15) is 0 Å². The molecule has 6 rings (SSSR count). The molecule has 5 aromatic rings. The van der Waals surface area contributed by atoms with Gasteiger partial charge in [0.05, 0.1) is 0 Å². The summed E-state index contributed by atoms with van der Waals surface area (Å²) < 4.78 is 0. The number of fused-ring (bicyclic) bond motifs is 3. The molecular formula is C30H30Cl2SiZr2+2. The number of halogens is 2. The van der Waals surface area contributed by atoms with Gasteiger partial charge < -0.3 is 24.8 Å². The van der Waals surface area contributed by atoms with Crippen LogP contribution >= 0.6 is 0 Å². The summed E-state index contributed by atoms with van der Waals surface area (Å²) in [5.74, 6) is 0. The van der Waals surface area contributed by atoms with Crippen LogP contribution in [0.15, 0.2) is 127 Å². The van der Waals surface area contributed by atoms with Crippen LogP contribution in [-0.2, 0) is 58.8 Å². The van der Waals surface area contributed by atoms with Crippen LogP contribution in [0, 0.1) is 0 Å². The number of rotatable bonds is 1. The van der Waals surface area contributed by atoms with E-state index in [-0.39, 0.29) is 77.2 Å². The van der Waals surface area contributed by atoms with Crippen molar-refractivity contribution in [1.82, 2.24) is 0 Å². The summed E-state index contributed by atoms with van der Waals surface area (Å²) in [5.41, 5.74) is 8.45. The molecule has 0 saturated heterocycles. The zero-order chi connectivity index (χ0) is 21.7. The maximum absolute atomic E-state index is 2.24. The van der Waals surface area contributed by atoms with E-state index in [1.165, 1.54) is 33.4 Å². The van der Waals surface area contributed by atoms with Gasteiger partial charge in [0.1, 0.15) is 0 Å². The average molecular weight is 672 g/mol. The molecule has 0 saturated carbocycles. The van der Waals surface area contributed by atoms with E-state index in [1.54, 1.807) is 0 Å². The molecule has 0 unspecified atom stereocenters. The van der Waals surface area contributed by atoms with Gasteiger partial charge in [-0.3, -0.25) is 0 Å². The molecule has 0 N–H and O–H groups in total. The van der Waals surface area contributed by atoms with Crippen molar-refractivity contribution in [3.8, 4) is 22.3 Å². The quantitative estimate of drug-likeness (QED) is 0.186. The van der Waals surface area contributed by atoms with E-state index in [1.807, 2.05) is 60.7 Å². The molecule has 0 spiro atoms. The molecule has 0 amide bonds. The molecule has 174 valence electrons. The van der Waals surface area contributed by atoms with Gasteiger partial charge in [-0.1, -0.05) is 60.6 Å². The van der Waals surface area contributed by atoms with Crippen LogP contribution in [0.3, 0.4) is 0 Å². The molecule has 2 radical (unpaired) electrons. The van der Waals surface area contributed by atoms with Gasteiger partial charge in [0.25, 0.3) is 0 Å². The smallest absolute Gasteiger partial charge is 1.00 e. The summed E-state index contributed by atoms with van der Waals surface area (Å²) in [5, 5.41) is 0. The van der Waals surface area contributed by atoms with Crippen LogP contribution in [0.5, 0.6) is 0 Å². The topological polar surface area (TPSA) is 0 Å². The molecule has 35 heavy (non-hydrogen) atoms. The second-order valence-corrected chi connectivity index (χ2v) is 8.50. The average Bonchev–Trinajstić information content (AvgIpc) is 3.62. The van der Waals surface area contributed by atoms with E-state index in [2.05, 4.69) is 79.8 Å². The minimum atomic E-state index is 0. The molecule has 5 heteroatoms. The maximum atomic E-state index is 2.24. The summed E-state index contributed by atoms with van der Waals surface area (Å²) >= 11 is 0. The molecule has 0 nitrogen and oxygen atoms in total. The van der Waals surface area contributed by atoms with Crippen LogP contribution in [0.1, 0.15) is 11.1 Å². The third kappa shape index (κ3) is 11.3. The Kier molecular flexibility index (Phi) is 21.9. The van der Waals surface area contributed by atoms with Crippen molar-refractivity contribution >= 4 is 9.52 Å². The van der Waals surface area contributed by atoms with E-state index in [4.69, 9.17) is 0 Å². The molecule has 5 aromatic carbocycles. The fourth-order valence-corrected chi connectivity index (χ4v) is 3.62. The van der Waals surface area contributed by atoms with Crippen LogP contribution in [0.4, 0.5) is 0 Å². The first-order chi connectivity index (χ1) is 15.3. The first kappa shape index (κ1) is 36.2. The fraction of sp³-hybridized carbons (Fsp3) is 0.100. The molecule has 0 atom stereocenters. The zero-order valence-corrected chi connectivity index (χ0v) is 27.7. The van der Waals surface area contributed by atoms with Gasteiger partial charge in [0.15, 0.2) is 0 Å². The Morgan fingerprint density at radius 2 is 1.14 bits per heavy atom. The SMILES string of the molecule is C[SiH]C.[Cl-].[Cl-].[Zr+3].[Zr+4].c1cc[cH-]c1.c1cc[cH-]c1.c1ccc2c(c1)Cc1c-2cccc1-[c-]1cccc1. The number of hydrogen-bond acceptors (Lipinski definition) is 0. The molecule has 1 aliphatic rings. The Balaban J connectivity index is 0. The predicted octanol–water partition coefficient (Wildman–Crippen LogP) is 1.98. The number of hydrogen-bond donors (Lipinski definition) is 0. The van der Waals surface area contributed by atoms with Crippen molar-refractivity contribution in [1.29, 1.82) is 0 Å². The van der Waals surface area contributed by atoms with Crippen molar-refractivity contribution in [2.24, 2.45) is 0 Å². The second kappa shape index (κ2) is 21.2. The van der Waals surface area contributed by atoms with Crippen LogP contribution in [-0.4, -0.2) is 9.52 Å². The third-order valence-corrected chi connectivity index (χ3v) is 4.94. The summed E-state index contributed by atoms with van der Waals surface area (Å²) in [7, 11) is 0.750. The van der Waals surface area contributed by atoms with Crippen LogP contribution in [0.25, 0.3) is 22.3 Å². The second-order valence-electron chi connectivity index (χ2n) is 7.34. The Hall–Kier alpha value is -0.947. The summed E-state index contributed by atoms with van der Waals surface area (Å²) in [6.07, 6.45) is 1.06. The van der Waals surface area contributed by atoms with Crippen molar-refractivity contribution in [2.75, 3.05) is 0 Å². The Labute approximate surface area is 264 Å². The van der Waals surface area contributed by atoms with Crippen LogP contribution in [0.2, 0.25) is 13.1 Å². The van der Waals surface area contributed by atoms with Crippen molar-refractivity contribution in [3.63, 3.8) is 0 Å². The minimum absolute atomic E-state index is 0. The third-order valence-electron chi connectivity index (χ3n) is 4.94. The summed E-state index contributed by atoms with van der Waals surface area (Å²) in [6, 6.07) is 44.0. The van der Waals surface area contributed by atoms with Gasteiger partial charge >= 0.3 is 52.4 Å². The van der Waals surface area contributed by atoms with Crippen molar-refractivity contribution in [3.05, 3.63) is 139 Å². The normalized spacial score (nSPS) is 9.09. The zero-order valence-electron chi connectivity index (χ0n) is 20.2. The Morgan fingerprint density at radius 3 is 1.63 bits per heavy atom. The van der Waals surface area contributed by atoms with E-state index < -0.39 is 0 Å². The van der Waals surface area contributed by atoms with Crippen molar-refractivity contribution in [2.45, 2.75) is 19.5 Å². The van der Waals surface area contributed by atoms with Gasteiger partial charge in [-0.15, -0.1) is 23.8 Å². The van der Waals surface area contributed by atoms with Gasteiger partial charge in [-0.2, -0.15) is 48.5 Å². The molecule has 0 aromatic heterocycles. The summed E-state index contributed by atoms with van der Waals surface area (Å²) in [6.45, 7) is 4.42. The predicted molar refractivity (Wildman–Crippen MR) is 139 cm³/mol. The molecule has 0 fully saturated rings. The Bertz CT molecular complexity index is 1040. The van der Waals surface area contributed by atoms with Gasteiger partial charge in [0, 0.05) is 9.52 Å². The maximum Gasteiger partial charge on any atom is 4.00 e. The monoisotopic (exact) mass is 668 g/mol. The van der Waals surface area contributed by atoms with Gasteiger partial charge in [0.2, 0.25) is 0 Å². The molecule has 0 bridgehead atoms. The largest absolute Gasteiger partial charge is 4.00 e. The summed E-state index contributed by atoms with van der Waals surface area (Å²) in [4.78, 5) is 0.